The monoisotopic (exact) mass is 292 g/mol. The van der Waals surface area contributed by atoms with E-state index in [2.05, 4.69) is 15.3 Å². The van der Waals surface area contributed by atoms with Gasteiger partial charge in [0, 0.05) is 32.3 Å². The molecule has 0 spiro atoms. The number of rotatable bonds is 4. The maximum Gasteiger partial charge on any atom is 0.303 e. The van der Waals surface area contributed by atoms with E-state index in [1.807, 2.05) is 6.92 Å². The maximum atomic E-state index is 12.5. The first-order valence-electron chi connectivity index (χ1n) is 7.04. The fraction of sp³-hybridized carbons (Fsp3) is 0.571. The van der Waals surface area contributed by atoms with Gasteiger partial charge in [-0.25, -0.2) is 9.97 Å². The van der Waals surface area contributed by atoms with Crippen LogP contribution in [0.3, 0.4) is 0 Å². The first kappa shape index (κ1) is 15.2. The van der Waals surface area contributed by atoms with Crippen molar-refractivity contribution in [2.75, 3.05) is 25.5 Å². The van der Waals surface area contributed by atoms with E-state index in [0.29, 0.717) is 24.7 Å². The Morgan fingerprint density at radius 2 is 2.24 bits per heavy atom. The number of carbonyl (C=O) groups excluding carboxylic acids is 1. The van der Waals surface area contributed by atoms with E-state index in [1.165, 1.54) is 0 Å². The zero-order valence-corrected chi connectivity index (χ0v) is 12.3. The van der Waals surface area contributed by atoms with Gasteiger partial charge in [0.15, 0.2) is 0 Å². The summed E-state index contributed by atoms with van der Waals surface area (Å²) in [5.41, 5.74) is 1.07. The number of aromatic nitrogens is 2. The van der Waals surface area contributed by atoms with Crippen LogP contribution in [0, 0.1) is 12.8 Å². The van der Waals surface area contributed by atoms with Gasteiger partial charge in [-0.05, 0) is 31.7 Å². The summed E-state index contributed by atoms with van der Waals surface area (Å²) in [6.45, 7) is 2.93. The molecule has 1 aliphatic rings. The molecule has 1 saturated heterocycles. The number of carbonyl (C=O) groups is 2. The first-order chi connectivity index (χ1) is 9.99. The van der Waals surface area contributed by atoms with E-state index in [0.717, 1.165) is 18.5 Å². The van der Waals surface area contributed by atoms with Crippen molar-refractivity contribution in [3.8, 4) is 0 Å². The first-order valence-corrected chi connectivity index (χ1v) is 7.04. The van der Waals surface area contributed by atoms with Crippen molar-refractivity contribution in [2.24, 2.45) is 5.92 Å². The lowest BCUT2D eigenvalue weighted by Gasteiger charge is -2.31. The largest absolute Gasteiger partial charge is 0.481 e. The standard InChI is InChI=1S/C14H20N4O3/c1-9-6-11(17-14(15-2)16-9)13(21)18-5-3-4-10(8-18)7-12(19)20/h6,10H,3-5,7-8H2,1-2H3,(H,19,20)(H,15,16,17). The Bertz CT molecular complexity index is 547. The molecular formula is C14H20N4O3. The van der Waals surface area contributed by atoms with Gasteiger partial charge in [0.1, 0.15) is 5.69 Å². The molecule has 21 heavy (non-hydrogen) atoms. The van der Waals surface area contributed by atoms with Gasteiger partial charge in [0.05, 0.1) is 0 Å². The highest BCUT2D eigenvalue weighted by Gasteiger charge is 2.26. The molecule has 7 heteroatoms. The predicted molar refractivity (Wildman–Crippen MR) is 77.2 cm³/mol. The zero-order valence-electron chi connectivity index (χ0n) is 12.3. The van der Waals surface area contributed by atoms with Crippen LogP contribution in [-0.2, 0) is 4.79 Å². The summed E-state index contributed by atoms with van der Waals surface area (Å²) in [5, 5.41) is 11.7. The number of amides is 1. The highest BCUT2D eigenvalue weighted by molar-refractivity contribution is 5.92. The second kappa shape index (κ2) is 6.51. The van der Waals surface area contributed by atoms with Crippen molar-refractivity contribution in [1.82, 2.24) is 14.9 Å². The molecule has 2 rings (SSSR count). The van der Waals surface area contributed by atoms with Gasteiger partial charge in [0.2, 0.25) is 5.95 Å². The predicted octanol–water partition coefficient (Wildman–Crippen LogP) is 1.15. The van der Waals surface area contributed by atoms with E-state index in [9.17, 15) is 9.59 Å². The number of carboxylic acid groups (broad SMARTS) is 1. The Morgan fingerprint density at radius 1 is 1.48 bits per heavy atom. The number of piperidine rings is 1. The van der Waals surface area contributed by atoms with Crippen molar-refractivity contribution >= 4 is 17.8 Å². The van der Waals surface area contributed by atoms with Crippen molar-refractivity contribution in [2.45, 2.75) is 26.2 Å². The quantitative estimate of drug-likeness (QED) is 0.864. The average molecular weight is 292 g/mol. The van der Waals surface area contributed by atoms with Crippen LogP contribution in [0.25, 0.3) is 0 Å². The lowest BCUT2D eigenvalue weighted by Crippen LogP contribution is -2.41. The fourth-order valence-corrected chi connectivity index (χ4v) is 2.61. The van der Waals surface area contributed by atoms with Crippen molar-refractivity contribution in [3.63, 3.8) is 0 Å². The van der Waals surface area contributed by atoms with E-state index in [-0.39, 0.29) is 18.2 Å². The van der Waals surface area contributed by atoms with Crippen molar-refractivity contribution in [1.29, 1.82) is 0 Å². The van der Waals surface area contributed by atoms with Gasteiger partial charge in [-0.1, -0.05) is 0 Å². The van der Waals surface area contributed by atoms with Gasteiger partial charge in [0.25, 0.3) is 5.91 Å². The topological polar surface area (TPSA) is 95.4 Å². The van der Waals surface area contributed by atoms with E-state index >= 15 is 0 Å². The molecule has 1 aliphatic heterocycles. The van der Waals surface area contributed by atoms with Gasteiger partial charge in [-0.3, -0.25) is 9.59 Å². The SMILES string of the molecule is CNc1nc(C)cc(C(=O)N2CCCC(CC(=O)O)C2)n1. The third-order valence-corrected chi connectivity index (χ3v) is 3.57. The van der Waals surface area contributed by atoms with Crippen LogP contribution in [-0.4, -0.2) is 52.0 Å². The van der Waals surface area contributed by atoms with Crippen LogP contribution >= 0.6 is 0 Å². The molecule has 1 fully saturated rings. The number of hydrogen-bond acceptors (Lipinski definition) is 5. The molecule has 2 heterocycles. The molecule has 7 nitrogen and oxygen atoms in total. The Labute approximate surface area is 123 Å². The Hall–Kier alpha value is -2.18. The fourth-order valence-electron chi connectivity index (χ4n) is 2.61. The minimum absolute atomic E-state index is 0.0203. The van der Waals surface area contributed by atoms with Gasteiger partial charge in [-0.15, -0.1) is 0 Å². The summed E-state index contributed by atoms with van der Waals surface area (Å²) in [5.74, 6) is -0.541. The molecule has 0 aromatic carbocycles. The van der Waals surface area contributed by atoms with Crippen molar-refractivity contribution in [3.05, 3.63) is 17.5 Å². The van der Waals surface area contributed by atoms with E-state index in [1.54, 1.807) is 18.0 Å². The van der Waals surface area contributed by atoms with Crippen LogP contribution in [0.4, 0.5) is 5.95 Å². The van der Waals surface area contributed by atoms with E-state index in [4.69, 9.17) is 5.11 Å². The highest BCUT2D eigenvalue weighted by atomic mass is 16.4. The molecule has 1 atom stereocenters. The normalized spacial score (nSPS) is 18.4. The maximum absolute atomic E-state index is 12.5. The third kappa shape index (κ3) is 3.90. The van der Waals surface area contributed by atoms with Crippen LogP contribution in [0.5, 0.6) is 0 Å². The highest BCUT2D eigenvalue weighted by Crippen LogP contribution is 2.21. The Morgan fingerprint density at radius 3 is 2.90 bits per heavy atom. The number of nitrogens with one attached hydrogen (secondary N) is 1. The molecule has 0 bridgehead atoms. The molecule has 1 unspecified atom stereocenters. The van der Waals surface area contributed by atoms with Gasteiger partial charge in [-0.2, -0.15) is 0 Å². The lowest BCUT2D eigenvalue weighted by molar-refractivity contribution is -0.138. The lowest BCUT2D eigenvalue weighted by atomic mass is 9.94. The third-order valence-electron chi connectivity index (χ3n) is 3.57. The summed E-state index contributed by atoms with van der Waals surface area (Å²) in [6.07, 6.45) is 1.78. The average Bonchev–Trinajstić information content (AvgIpc) is 2.45. The molecule has 1 aromatic heterocycles. The Kier molecular flexibility index (Phi) is 4.72. The van der Waals surface area contributed by atoms with Crippen LogP contribution in [0.15, 0.2) is 6.07 Å². The Balaban J connectivity index is 2.12. The minimum Gasteiger partial charge on any atom is -0.481 e. The molecule has 1 amide bonds. The summed E-state index contributed by atoms with van der Waals surface area (Å²) >= 11 is 0. The van der Waals surface area contributed by atoms with Crippen LogP contribution in [0.1, 0.15) is 35.4 Å². The summed E-state index contributed by atoms with van der Waals surface area (Å²) in [7, 11) is 1.70. The molecular weight excluding hydrogens is 272 g/mol. The van der Waals surface area contributed by atoms with Crippen molar-refractivity contribution < 1.29 is 14.7 Å². The summed E-state index contributed by atoms with van der Waals surface area (Å²) in [6, 6.07) is 1.66. The number of carboxylic acids is 1. The van der Waals surface area contributed by atoms with Gasteiger partial charge < -0.3 is 15.3 Å². The van der Waals surface area contributed by atoms with Crippen LogP contribution in [0.2, 0.25) is 0 Å². The number of anilines is 1. The molecule has 2 N–H and O–H groups in total. The smallest absolute Gasteiger partial charge is 0.303 e. The molecule has 1 aromatic rings. The second-order valence-electron chi connectivity index (χ2n) is 5.33. The number of aliphatic carboxylic acids is 1. The zero-order chi connectivity index (χ0) is 15.4. The summed E-state index contributed by atoms with van der Waals surface area (Å²) < 4.78 is 0. The summed E-state index contributed by atoms with van der Waals surface area (Å²) in [4.78, 5) is 33.4. The van der Waals surface area contributed by atoms with Gasteiger partial charge >= 0.3 is 5.97 Å². The van der Waals surface area contributed by atoms with Crippen LogP contribution < -0.4 is 5.32 Å². The molecule has 0 radical (unpaired) electrons. The number of hydrogen-bond donors (Lipinski definition) is 2. The minimum atomic E-state index is -0.815. The molecule has 114 valence electrons. The molecule has 0 aliphatic carbocycles. The number of likely N-dealkylation sites (tertiary alicyclic amines) is 1. The number of nitrogens with zero attached hydrogens (tertiary/aromatic N) is 3. The molecule has 0 saturated carbocycles. The second-order valence-corrected chi connectivity index (χ2v) is 5.33. The van der Waals surface area contributed by atoms with E-state index < -0.39 is 5.97 Å². The number of aryl methyl sites for hydroxylation is 1.